The van der Waals surface area contributed by atoms with Crippen LogP contribution >= 0.6 is 11.6 Å². The summed E-state index contributed by atoms with van der Waals surface area (Å²) in [5.41, 5.74) is -1.20. The molecule has 2 rings (SSSR count). The molecule has 0 aliphatic heterocycles. The molecule has 0 atom stereocenters. The van der Waals surface area contributed by atoms with Gasteiger partial charge < -0.3 is 5.32 Å². The number of aromatic nitrogens is 2. The van der Waals surface area contributed by atoms with Crippen molar-refractivity contribution in [2.75, 3.05) is 5.32 Å². The van der Waals surface area contributed by atoms with Crippen LogP contribution in [0.25, 0.3) is 0 Å². The summed E-state index contributed by atoms with van der Waals surface area (Å²) in [4.78, 5) is 18.2. The number of para-hydroxylation sites is 1. The van der Waals surface area contributed by atoms with E-state index in [1.54, 1.807) is 0 Å². The summed E-state index contributed by atoms with van der Waals surface area (Å²) >= 11 is 5.68. The number of aldehydes is 1. The number of rotatable bonds is 3. The quantitative estimate of drug-likeness (QED) is 0.693. The van der Waals surface area contributed by atoms with Gasteiger partial charge in [-0.05, 0) is 12.1 Å². The predicted octanol–water partition coefficient (Wildman–Crippen LogP) is 3.70. The monoisotopic (exact) mass is 301 g/mol. The van der Waals surface area contributed by atoms with E-state index in [1.807, 2.05) is 0 Å². The predicted molar refractivity (Wildman–Crippen MR) is 67.2 cm³/mol. The van der Waals surface area contributed by atoms with Crippen LogP contribution in [-0.2, 0) is 6.18 Å². The van der Waals surface area contributed by atoms with Gasteiger partial charge in [-0.1, -0.05) is 23.7 Å². The maximum absolute atomic E-state index is 12.8. The molecule has 0 amide bonds. The van der Waals surface area contributed by atoms with E-state index in [0.29, 0.717) is 6.29 Å². The third-order valence-corrected chi connectivity index (χ3v) is 2.74. The summed E-state index contributed by atoms with van der Waals surface area (Å²) in [6.07, 6.45) is -3.10. The molecule has 0 spiro atoms. The molecule has 0 aliphatic carbocycles. The van der Waals surface area contributed by atoms with Gasteiger partial charge in [-0.15, -0.1) is 0 Å². The van der Waals surface area contributed by atoms with Crippen LogP contribution in [0.2, 0.25) is 5.15 Å². The van der Waals surface area contributed by atoms with Gasteiger partial charge >= 0.3 is 6.18 Å². The number of anilines is 2. The summed E-state index contributed by atoms with van der Waals surface area (Å²) in [5.74, 6) is -0.0864. The SMILES string of the molecule is O=Cc1c(Cl)ncnc1Nc1ccccc1C(F)(F)F. The lowest BCUT2D eigenvalue weighted by molar-refractivity contribution is -0.136. The Labute approximate surface area is 116 Å². The average Bonchev–Trinajstić information content (AvgIpc) is 2.38. The van der Waals surface area contributed by atoms with E-state index in [9.17, 15) is 18.0 Å². The second-order valence-electron chi connectivity index (χ2n) is 3.71. The molecule has 20 heavy (non-hydrogen) atoms. The number of hydrogen-bond donors (Lipinski definition) is 1. The van der Waals surface area contributed by atoms with E-state index in [1.165, 1.54) is 18.2 Å². The molecule has 1 heterocycles. The zero-order chi connectivity index (χ0) is 14.8. The van der Waals surface area contributed by atoms with E-state index in [2.05, 4.69) is 15.3 Å². The number of nitrogens with zero attached hydrogens (tertiary/aromatic N) is 2. The van der Waals surface area contributed by atoms with Crippen LogP contribution in [0.5, 0.6) is 0 Å². The van der Waals surface area contributed by atoms with E-state index in [0.717, 1.165) is 12.4 Å². The summed E-state index contributed by atoms with van der Waals surface area (Å²) < 4.78 is 38.5. The number of carbonyl (C=O) groups is 1. The molecule has 0 radical (unpaired) electrons. The lowest BCUT2D eigenvalue weighted by Gasteiger charge is -2.14. The minimum absolute atomic E-state index is 0.0864. The molecule has 1 aromatic carbocycles. The zero-order valence-corrected chi connectivity index (χ0v) is 10.5. The highest BCUT2D eigenvalue weighted by Crippen LogP contribution is 2.36. The Hall–Kier alpha value is -2.15. The van der Waals surface area contributed by atoms with Crippen LogP contribution in [0.4, 0.5) is 24.7 Å². The van der Waals surface area contributed by atoms with Gasteiger partial charge in [0.2, 0.25) is 0 Å². The molecule has 2 aromatic rings. The highest BCUT2D eigenvalue weighted by Gasteiger charge is 2.33. The van der Waals surface area contributed by atoms with Crippen LogP contribution in [0.15, 0.2) is 30.6 Å². The van der Waals surface area contributed by atoms with Crippen molar-refractivity contribution in [1.29, 1.82) is 0 Å². The molecular formula is C12H7ClF3N3O. The first-order chi connectivity index (χ1) is 9.43. The summed E-state index contributed by atoms with van der Waals surface area (Å²) in [6.45, 7) is 0. The third kappa shape index (κ3) is 2.88. The molecule has 0 aliphatic rings. The molecule has 0 saturated carbocycles. The highest BCUT2D eigenvalue weighted by atomic mass is 35.5. The fourth-order valence-electron chi connectivity index (χ4n) is 1.54. The number of nitrogens with one attached hydrogen (secondary N) is 1. The summed E-state index contributed by atoms with van der Waals surface area (Å²) in [5, 5.41) is 2.32. The van der Waals surface area contributed by atoms with Crippen molar-refractivity contribution in [1.82, 2.24) is 9.97 Å². The number of benzene rings is 1. The van der Waals surface area contributed by atoms with Gasteiger partial charge in [0.25, 0.3) is 0 Å². The topological polar surface area (TPSA) is 54.9 Å². The van der Waals surface area contributed by atoms with Crippen molar-refractivity contribution >= 4 is 29.4 Å². The third-order valence-electron chi connectivity index (χ3n) is 2.44. The minimum atomic E-state index is -4.53. The van der Waals surface area contributed by atoms with Crippen molar-refractivity contribution in [2.45, 2.75) is 6.18 Å². The van der Waals surface area contributed by atoms with Crippen molar-refractivity contribution < 1.29 is 18.0 Å². The van der Waals surface area contributed by atoms with Crippen molar-refractivity contribution in [3.05, 3.63) is 46.9 Å². The molecule has 4 nitrogen and oxygen atoms in total. The van der Waals surface area contributed by atoms with Gasteiger partial charge in [0, 0.05) is 0 Å². The molecule has 8 heteroatoms. The number of hydrogen-bond acceptors (Lipinski definition) is 4. The normalized spacial score (nSPS) is 11.2. The Morgan fingerprint density at radius 3 is 2.55 bits per heavy atom. The summed E-state index contributed by atoms with van der Waals surface area (Å²) in [6, 6.07) is 4.85. The fraction of sp³-hybridized carbons (Fsp3) is 0.0833. The number of carbonyl (C=O) groups excluding carboxylic acids is 1. The van der Waals surface area contributed by atoms with Crippen molar-refractivity contribution in [2.24, 2.45) is 0 Å². The Bertz CT molecular complexity index is 646. The molecule has 0 unspecified atom stereocenters. The first-order valence-electron chi connectivity index (χ1n) is 5.32. The Morgan fingerprint density at radius 1 is 1.20 bits per heavy atom. The second kappa shape index (κ2) is 5.46. The first-order valence-corrected chi connectivity index (χ1v) is 5.70. The zero-order valence-electron chi connectivity index (χ0n) is 9.78. The largest absolute Gasteiger partial charge is 0.418 e. The fourth-order valence-corrected chi connectivity index (χ4v) is 1.72. The van der Waals surface area contributed by atoms with Gasteiger partial charge in [0.05, 0.1) is 16.8 Å². The van der Waals surface area contributed by atoms with E-state index in [-0.39, 0.29) is 22.2 Å². The van der Waals surface area contributed by atoms with E-state index >= 15 is 0 Å². The van der Waals surface area contributed by atoms with Crippen LogP contribution in [-0.4, -0.2) is 16.3 Å². The molecule has 1 aromatic heterocycles. The Morgan fingerprint density at radius 2 is 1.90 bits per heavy atom. The van der Waals surface area contributed by atoms with Crippen LogP contribution in [0.1, 0.15) is 15.9 Å². The Balaban J connectivity index is 2.46. The molecule has 104 valence electrons. The van der Waals surface area contributed by atoms with Gasteiger partial charge in [-0.2, -0.15) is 13.2 Å². The molecular weight excluding hydrogens is 295 g/mol. The maximum Gasteiger partial charge on any atom is 0.418 e. The Kier molecular flexibility index (Phi) is 3.89. The minimum Gasteiger partial charge on any atom is -0.339 e. The van der Waals surface area contributed by atoms with Gasteiger partial charge in [-0.25, -0.2) is 9.97 Å². The van der Waals surface area contributed by atoms with Gasteiger partial charge in [0.1, 0.15) is 17.3 Å². The van der Waals surface area contributed by atoms with Gasteiger partial charge in [-0.3, -0.25) is 4.79 Å². The smallest absolute Gasteiger partial charge is 0.339 e. The number of halogens is 4. The summed E-state index contributed by atoms with van der Waals surface area (Å²) in [7, 11) is 0. The average molecular weight is 302 g/mol. The highest BCUT2D eigenvalue weighted by molar-refractivity contribution is 6.32. The standard InChI is InChI=1S/C12H7ClF3N3O/c13-10-7(5-20)11(18-6-17-10)19-9-4-2-1-3-8(9)12(14,15)16/h1-6H,(H,17,18,19). The van der Waals surface area contributed by atoms with Crippen LogP contribution < -0.4 is 5.32 Å². The molecule has 0 bridgehead atoms. The molecule has 0 fully saturated rings. The lowest BCUT2D eigenvalue weighted by Crippen LogP contribution is -2.10. The second-order valence-corrected chi connectivity index (χ2v) is 4.07. The molecule has 0 saturated heterocycles. The molecule has 1 N–H and O–H groups in total. The maximum atomic E-state index is 12.8. The van der Waals surface area contributed by atoms with E-state index < -0.39 is 11.7 Å². The van der Waals surface area contributed by atoms with Crippen molar-refractivity contribution in [3.63, 3.8) is 0 Å². The van der Waals surface area contributed by atoms with Crippen LogP contribution in [0, 0.1) is 0 Å². The van der Waals surface area contributed by atoms with Crippen molar-refractivity contribution in [3.8, 4) is 0 Å². The van der Waals surface area contributed by atoms with Crippen LogP contribution in [0.3, 0.4) is 0 Å². The number of alkyl halides is 3. The first kappa shape index (κ1) is 14.3. The lowest BCUT2D eigenvalue weighted by atomic mass is 10.1. The van der Waals surface area contributed by atoms with Gasteiger partial charge in [0.15, 0.2) is 6.29 Å². The van der Waals surface area contributed by atoms with E-state index in [4.69, 9.17) is 11.6 Å².